The number of nitrogens with one attached hydrogen (secondary N) is 1. The van der Waals surface area contributed by atoms with Crippen LogP contribution >= 0.6 is 11.6 Å². The maximum absolute atomic E-state index is 12.2. The first-order valence-electron chi connectivity index (χ1n) is 7.04. The van der Waals surface area contributed by atoms with Crippen molar-refractivity contribution in [2.75, 3.05) is 20.3 Å². The fourth-order valence-electron chi connectivity index (χ4n) is 2.05. The summed E-state index contributed by atoms with van der Waals surface area (Å²) in [5.41, 5.74) is 0.651. The predicted octanol–water partition coefficient (Wildman–Crippen LogP) is 2.26. The van der Waals surface area contributed by atoms with Crippen LogP contribution in [0.4, 0.5) is 0 Å². The highest BCUT2D eigenvalue weighted by Crippen LogP contribution is 2.19. The summed E-state index contributed by atoms with van der Waals surface area (Å²) < 4.78 is 6.18. The second-order valence-corrected chi connectivity index (χ2v) is 5.29. The number of hydrogen-bond donors (Lipinski definition) is 1. The first kappa shape index (κ1) is 16.5. The van der Waals surface area contributed by atoms with Crippen molar-refractivity contribution in [2.24, 2.45) is 0 Å². The van der Waals surface area contributed by atoms with E-state index in [-0.39, 0.29) is 24.7 Å². The minimum absolute atomic E-state index is 0.0966. The largest absolute Gasteiger partial charge is 0.385 e. The molecule has 7 heteroatoms. The highest BCUT2D eigenvalue weighted by atomic mass is 35.5. The number of benzene rings is 1. The van der Waals surface area contributed by atoms with Crippen molar-refractivity contribution >= 4 is 34.3 Å². The summed E-state index contributed by atoms with van der Waals surface area (Å²) in [4.78, 5) is 23.8. The zero-order chi connectivity index (χ0) is 15.9. The second kappa shape index (κ2) is 7.91. The summed E-state index contributed by atoms with van der Waals surface area (Å²) in [5, 5.41) is 8.18. The molecule has 0 aliphatic heterocycles. The van der Waals surface area contributed by atoms with Crippen LogP contribution in [0, 0.1) is 0 Å². The minimum atomic E-state index is -0.232. The number of rotatable bonds is 7. The highest BCUT2D eigenvalue weighted by molar-refractivity contribution is 6.31. The molecule has 0 bridgehead atoms. The maximum Gasteiger partial charge on any atom is 0.247 e. The normalized spacial score (nSPS) is 10.8. The molecule has 0 atom stereocenters. The molecule has 2 rings (SSSR count). The van der Waals surface area contributed by atoms with Crippen molar-refractivity contribution in [3.05, 3.63) is 29.4 Å². The molecular formula is C15H18ClN3O3. The third-order valence-electron chi connectivity index (χ3n) is 3.18. The quantitative estimate of drug-likeness (QED) is 0.793. The van der Waals surface area contributed by atoms with E-state index in [4.69, 9.17) is 16.3 Å². The molecule has 118 valence electrons. The average molecular weight is 324 g/mol. The second-order valence-electron chi connectivity index (χ2n) is 4.85. The predicted molar refractivity (Wildman–Crippen MR) is 84.1 cm³/mol. The third-order valence-corrected chi connectivity index (χ3v) is 3.42. The van der Waals surface area contributed by atoms with Crippen LogP contribution in [0.15, 0.2) is 24.4 Å². The molecule has 1 aromatic heterocycles. The van der Waals surface area contributed by atoms with Crippen LogP contribution in [0.25, 0.3) is 10.9 Å². The van der Waals surface area contributed by atoms with Crippen LogP contribution in [0.2, 0.25) is 5.02 Å². The Balaban J connectivity index is 1.89. The Labute approximate surface area is 133 Å². The minimum Gasteiger partial charge on any atom is -0.385 e. The Kier molecular flexibility index (Phi) is 5.91. The van der Waals surface area contributed by atoms with E-state index in [1.54, 1.807) is 31.5 Å². The van der Waals surface area contributed by atoms with Crippen molar-refractivity contribution < 1.29 is 14.3 Å². The molecule has 2 aromatic rings. The van der Waals surface area contributed by atoms with Gasteiger partial charge in [-0.3, -0.25) is 9.59 Å². The molecule has 0 radical (unpaired) electrons. The summed E-state index contributed by atoms with van der Waals surface area (Å²) in [6, 6.07) is 5.23. The van der Waals surface area contributed by atoms with Crippen molar-refractivity contribution in [3.63, 3.8) is 0 Å². The molecule has 0 spiro atoms. The van der Waals surface area contributed by atoms with E-state index in [1.807, 2.05) is 0 Å². The molecule has 1 amide bonds. The molecule has 0 fully saturated rings. The Morgan fingerprint density at radius 2 is 2.18 bits per heavy atom. The average Bonchev–Trinajstić information content (AvgIpc) is 2.92. The zero-order valence-corrected chi connectivity index (χ0v) is 13.1. The zero-order valence-electron chi connectivity index (χ0n) is 12.3. The number of methoxy groups -OCH3 is 1. The Bertz CT molecular complexity index is 669. The summed E-state index contributed by atoms with van der Waals surface area (Å²) >= 11 is 5.94. The van der Waals surface area contributed by atoms with E-state index in [9.17, 15) is 9.59 Å². The van der Waals surface area contributed by atoms with Gasteiger partial charge in [0.25, 0.3) is 0 Å². The molecule has 0 aliphatic rings. The van der Waals surface area contributed by atoms with E-state index in [0.29, 0.717) is 23.7 Å². The number of halogens is 1. The summed E-state index contributed by atoms with van der Waals surface area (Å²) in [6.07, 6.45) is 2.58. The van der Waals surface area contributed by atoms with Crippen molar-refractivity contribution in [2.45, 2.75) is 19.3 Å². The van der Waals surface area contributed by atoms with Gasteiger partial charge in [-0.05, 0) is 24.6 Å². The molecule has 1 aromatic carbocycles. The smallest absolute Gasteiger partial charge is 0.247 e. The van der Waals surface area contributed by atoms with Crippen LogP contribution in [0.3, 0.4) is 0 Å². The first-order chi connectivity index (χ1) is 10.6. The summed E-state index contributed by atoms with van der Waals surface area (Å²) in [5.74, 6) is -0.386. The van der Waals surface area contributed by atoms with E-state index in [2.05, 4.69) is 10.4 Å². The van der Waals surface area contributed by atoms with E-state index in [0.717, 1.165) is 11.8 Å². The van der Waals surface area contributed by atoms with Gasteiger partial charge in [0, 0.05) is 43.5 Å². The van der Waals surface area contributed by atoms with Crippen molar-refractivity contribution in [1.82, 2.24) is 15.1 Å². The number of ether oxygens (including phenoxy) is 1. The van der Waals surface area contributed by atoms with Crippen LogP contribution in [0.1, 0.15) is 24.1 Å². The highest BCUT2D eigenvalue weighted by Gasteiger charge is 2.12. The lowest BCUT2D eigenvalue weighted by molar-refractivity contribution is -0.121. The molecule has 1 heterocycles. The summed E-state index contributed by atoms with van der Waals surface area (Å²) in [6.45, 7) is 1.14. The van der Waals surface area contributed by atoms with Gasteiger partial charge in [-0.15, -0.1) is 0 Å². The standard InChI is InChI=1S/C15H18ClN3O3/c1-22-8-2-7-17-14(20)5-6-15(21)19-13-9-12(16)4-3-11(13)10-18-19/h3-4,9-10H,2,5-8H2,1H3,(H,17,20). The molecule has 0 unspecified atom stereocenters. The van der Waals surface area contributed by atoms with Crippen molar-refractivity contribution in [3.8, 4) is 0 Å². The Hall–Kier alpha value is -1.92. The van der Waals surface area contributed by atoms with Gasteiger partial charge in [-0.1, -0.05) is 11.6 Å². The number of carbonyl (C=O) groups excluding carboxylic acids is 2. The number of amides is 1. The van der Waals surface area contributed by atoms with Gasteiger partial charge in [0.15, 0.2) is 0 Å². The maximum atomic E-state index is 12.2. The lowest BCUT2D eigenvalue weighted by atomic mass is 10.2. The lowest BCUT2D eigenvalue weighted by Crippen LogP contribution is -2.26. The molecule has 0 saturated carbocycles. The molecule has 6 nitrogen and oxygen atoms in total. The van der Waals surface area contributed by atoms with Gasteiger partial charge in [-0.25, -0.2) is 4.68 Å². The van der Waals surface area contributed by atoms with Gasteiger partial charge < -0.3 is 10.1 Å². The third kappa shape index (κ3) is 4.29. The van der Waals surface area contributed by atoms with Crippen LogP contribution in [-0.2, 0) is 9.53 Å². The van der Waals surface area contributed by atoms with Crippen molar-refractivity contribution in [1.29, 1.82) is 0 Å². The van der Waals surface area contributed by atoms with Crippen LogP contribution < -0.4 is 5.32 Å². The number of hydrogen-bond acceptors (Lipinski definition) is 4. The van der Waals surface area contributed by atoms with Gasteiger partial charge >= 0.3 is 0 Å². The fourth-order valence-corrected chi connectivity index (χ4v) is 2.22. The SMILES string of the molecule is COCCCNC(=O)CCC(=O)n1ncc2ccc(Cl)cc21. The van der Waals surface area contributed by atoms with Gasteiger partial charge in [-0.2, -0.15) is 5.10 Å². The number of carbonyl (C=O) groups is 2. The Morgan fingerprint density at radius 3 is 2.95 bits per heavy atom. The van der Waals surface area contributed by atoms with Gasteiger partial charge in [0.2, 0.25) is 11.8 Å². The van der Waals surface area contributed by atoms with E-state index in [1.165, 1.54) is 4.68 Å². The topological polar surface area (TPSA) is 73.2 Å². The molecule has 0 aliphatic carbocycles. The number of nitrogens with zero attached hydrogens (tertiary/aromatic N) is 2. The number of aromatic nitrogens is 2. The summed E-state index contributed by atoms with van der Waals surface area (Å²) in [7, 11) is 1.61. The van der Waals surface area contributed by atoms with E-state index < -0.39 is 0 Å². The molecule has 22 heavy (non-hydrogen) atoms. The lowest BCUT2D eigenvalue weighted by Gasteiger charge is -2.05. The monoisotopic (exact) mass is 323 g/mol. The number of fused-ring (bicyclic) bond motifs is 1. The van der Waals surface area contributed by atoms with Crippen LogP contribution in [-0.4, -0.2) is 41.9 Å². The van der Waals surface area contributed by atoms with E-state index >= 15 is 0 Å². The molecular weight excluding hydrogens is 306 g/mol. The first-order valence-corrected chi connectivity index (χ1v) is 7.41. The molecule has 1 N–H and O–H groups in total. The van der Waals surface area contributed by atoms with Gasteiger partial charge in [0.05, 0.1) is 11.7 Å². The Morgan fingerprint density at radius 1 is 1.36 bits per heavy atom. The molecule has 0 saturated heterocycles. The van der Waals surface area contributed by atoms with Gasteiger partial charge in [0.1, 0.15) is 0 Å². The van der Waals surface area contributed by atoms with Crippen LogP contribution in [0.5, 0.6) is 0 Å². The fraction of sp³-hybridized carbons (Fsp3) is 0.400.